The normalized spacial score (nSPS) is 16.6. The molecule has 71 heavy (non-hydrogen) atoms. The third-order valence-electron chi connectivity index (χ3n) is 12.8. The molecule has 0 aliphatic carbocycles. The number of aryl methyl sites for hydroxylation is 5. The number of imidazole rings is 2. The van der Waals surface area contributed by atoms with E-state index in [0.29, 0.717) is 25.4 Å². The van der Waals surface area contributed by atoms with Crippen LogP contribution < -0.4 is 0 Å². The van der Waals surface area contributed by atoms with Gasteiger partial charge in [-0.1, -0.05) is 17.7 Å². The summed E-state index contributed by atoms with van der Waals surface area (Å²) in [7, 11) is -3.69. The Labute approximate surface area is 426 Å². The highest BCUT2D eigenvalue weighted by molar-refractivity contribution is 7.86. The van der Waals surface area contributed by atoms with Crippen LogP contribution in [0.3, 0.4) is 0 Å². The number of rotatable bonds is 14. The molecule has 2 aromatic heterocycles. The van der Waals surface area contributed by atoms with Crippen molar-refractivity contribution in [1.29, 1.82) is 0 Å². The number of hydrogen-bond donors (Lipinski definition) is 0. The predicted molar refractivity (Wildman–Crippen MR) is 278 cm³/mol. The number of piperidine rings is 3. The van der Waals surface area contributed by atoms with Crippen LogP contribution in [0, 0.1) is 38.5 Å². The summed E-state index contributed by atoms with van der Waals surface area (Å²) in [5, 5.41) is 0. The molecule has 3 saturated heterocycles. The fourth-order valence-electron chi connectivity index (χ4n) is 8.83. The van der Waals surface area contributed by atoms with Crippen molar-refractivity contribution < 1.29 is 41.2 Å². The molecule has 400 valence electrons. The van der Waals surface area contributed by atoms with Crippen LogP contribution in [-0.4, -0.2) is 123 Å². The van der Waals surface area contributed by atoms with Crippen molar-refractivity contribution in [2.45, 2.75) is 195 Å². The number of benzene rings is 1. The van der Waals surface area contributed by atoms with E-state index in [0.717, 1.165) is 107 Å². The smallest absolute Gasteiger partial charge is 0.410 e. The number of ether oxygens (including phenoxy) is 3. The minimum absolute atomic E-state index is 0.167. The van der Waals surface area contributed by atoms with Crippen molar-refractivity contribution in [2.75, 3.05) is 45.9 Å². The Hall–Kier alpha value is -4.64. The quantitative estimate of drug-likeness (QED) is 0.0856. The van der Waals surface area contributed by atoms with Crippen molar-refractivity contribution in [2.24, 2.45) is 17.8 Å². The monoisotopic (exact) mass is 1010 g/mol. The molecule has 3 amide bonds. The van der Waals surface area contributed by atoms with Crippen LogP contribution >= 0.6 is 0 Å². The Kier molecular flexibility index (Phi) is 22.8. The summed E-state index contributed by atoms with van der Waals surface area (Å²) in [5.74, 6) is 1.93. The Morgan fingerprint density at radius 3 is 1.37 bits per heavy atom. The zero-order valence-electron chi connectivity index (χ0n) is 45.4. The number of hydrogen-bond acceptors (Lipinski definition) is 11. The second-order valence-corrected chi connectivity index (χ2v) is 24.3. The molecule has 3 aromatic rings. The number of carbonyl (C=O) groups excluding carboxylic acids is 3. The van der Waals surface area contributed by atoms with Gasteiger partial charge in [0.25, 0.3) is 10.1 Å². The second kappa shape index (κ2) is 27.4. The Balaban J connectivity index is 0.000000233. The standard InChI is InChI=1S/C20H31NO5S.2C17H29N3O2/c1-16-7-9-18(10-8-16)27(23,24)25-15-5-6-17-11-13-21(14-12-17)19(22)26-20(2,3)4;1-14-12-19(13-18-14)9-5-6-15-7-10-20(11-8-15)16(21)22-17(2,3)4;1-14-12-18-13-20(14)9-5-6-15-7-10-19(11-8-15)16(21)22-17(2,3)4/h7-10,17H,5-6,11-15H2,1-4H3;2*12-13,15H,5-11H2,1-4H3. The molecule has 16 nitrogen and oxygen atoms in total. The number of nitrogens with zero attached hydrogens (tertiary/aromatic N) is 7. The average Bonchev–Trinajstić information content (AvgIpc) is 3.90. The summed E-state index contributed by atoms with van der Waals surface area (Å²) in [4.78, 5) is 50.1. The highest BCUT2D eigenvalue weighted by Crippen LogP contribution is 2.27. The van der Waals surface area contributed by atoms with Crippen molar-refractivity contribution in [3.05, 3.63) is 66.3 Å². The molecule has 0 atom stereocenters. The van der Waals surface area contributed by atoms with E-state index in [9.17, 15) is 22.8 Å². The molecule has 0 saturated carbocycles. The zero-order chi connectivity index (χ0) is 52.4. The van der Waals surface area contributed by atoms with Gasteiger partial charge in [-0.2, -0.15) is 8.42 Å². The van der Waals surface area contributed by atoms with E-state index >= 15 is 0 Å². The zero-order valence-corrected chi connectivity index (χ0v) is 46.2. The van der Waals surface area contributed by atoms with Gasteiger partial charge in [0.05, 0.1) is 29.9 Å². The van der Waals surface area contributed by atoms with Crippen LogP contribution in [-0.2, 0) is 41.6 Å². The lowest BCUT2D eigenvalue weighted by Crippen LogP contribution is -2.41. The second-order valence-electron chi connectivity index (χ2n) is 22.7. The van der Waals surface area contributed by atoms with Crippen LogP contribution in [0.25, 0.3) is 0 Å². The fourth-order valence-corrected chi connectivity index (χ4v) is 9.78. The molecule has 17 heteroatoms. The first kappa shape index (κ1) is 58.9. The Bertz CT molecular complexity index is 2160. The van der Waals surface area contributed by atoms with Crippen molar-refractivity contribution >= 4 is 28.4 Å². The summed E-state index contributed by atoms with van der Waals surface area (Å²) in [6.45, 7) is 30.0. The fraction of sp³-hybridized carbons (Fsp3) is 0.722. The largest absolute Gasteiger partial charge is 0.444 e. The summed E-state index contributed by atoms with van der Waals surface area (Å²) in [5.41, 5.74) is 2.01. The molecular formula is C54H89N7O9S. The van der Waals surface area contributed by atoms with Crippen molar-refractivity contribution in [3.8, 4) is 0 Å². The maximum atomic E-state index is 12.1. The number of amides is 3. The average molecular weight is 1010 g/mol. The van der Waals surface area contributed by atoms with E-state index in [2.05, 4.69) is 32.2 Å². The van der Waals surface area contributed by atoms with Gasteiger partial charge in [0, 0.05) is 70.4 Å². The summed E-state index contributed by atoms with van der Waals surface area (Å²) < 4.78 is 50.1. The summed E-state index contributed by atoms with van der Waals surface area (Å²) in [6.07, 6.45) is 19.7. The van der Waals surface area contributed by atoms with Gasteiger partial charge in [0.2, 0.25) is 0 Å². The van der Waals surface area contributed by atoms with E-state index in [1.807, 2.05) is 105 Å². The third kappa shape index (κ3) is 22.8. The molecular weight excluding hydrogens is 923 g/mol. The first-order valence-electron chi connectivity index (χ1n) is 26.1. The predicted octanol–water partition coefficient (Wildman–Crippen LogP) is 11.4. The number of likely N-dealkylation sites (tertiary alicyclic amines) is 3. The van der Waals surface area contributed by atoms with Crippen LogP contribution in [0.2, 0.25) is 0 Å². The van der Waals surface area contributed by atoms with E-state index < -0.39 is 26.9 Å². The third-order valence-corrected chi connectivity index (χ3v) is 14.2. The molecule has 0 spiro atoms. The van der Waals surface area contributed by atoms with Crippen LogP contribution in [0.1, 0.15) is 156 Å². The molecule has 3 aliphatic rings. The van der Waals surface area contributed by atoms with Crippen LogP contribution in [0.4, 0.5) is 14.4 Å². The van der Waals surface area contributed by atoms with Gasteiger partial charge < -0.3 is 38.0 Å². The lowest BCUT2D eigenvalue weighted by atomic mass is 9.92. The van der Waals surface area contributed by atoms with E-state index in [1.54, 1.807) is 29.2 Å². The van der Waals surface area contributed by atoms with Gasteiger partial charge in [0.15, 0.2) is 0 Å². The minimum atomic E-state index is -3.69. The van der Waals surface area contributed by atoms with Crippen molar-refractivity contribution in [3.63, 3.8) is 0 Å². The van der Waals surface area contributed by atoms with Gasteiger partial charge in [-0.25, -0.2) is 24.4 Å². The van der Waals surface area contributed by atoms with Gasteiger partial charge in [-0.15, -0.1) is 0 Å². The number of carbonyl (C=O) groups is 3. The first-order valence-corrected chi connectivity index (χ1v) is 27.5. The van der Waals surface area contributed by atoms with Gasteiger partial charge >= 0.3 is 18.3 Å². The van der Waals surface area contributed by atoms with Gasteiger partial charge in [-0.3, -0.25) is 4.18 Å². The molecule has 3 aliphatic heterocycles. The molecule has 5 heterocycles. The SMILES string of the molecule is Cc1ccc(S(=O)(=O)OCCCC2CCN(C(=O)OC(C)(C)C)CC2)cc1.Cc1cn(CCCC2CCN(C(=O)OC(C)(C)C)CC2)cn1.Cc1cncn1CCCC1CCN(C(=O)OC(C)(C)C)CC1. The maximum absolute atomic E-state index is 12.1. The van der Waals surface area contributed by atoms with Crippen LogP contribution in [0.5, 0.6) is 0 Å². The highest BCUT2D eigenvalue weighted by atomic mass is 32.2. The molecule has 6 rings (SSSR count). The van der Waals surface area contributed by atoms with Crippen molar-refractivity contribution in [1.82, 2.24) is 33.8 Å². The Morgan fingerprint density at radius 2 is 1.00 bits per heavy atom. The van der Waals surface area contributed by atoms with E-state index in [4.69, 9.17) is 18.4 Å². The summed E-state index contributed by atoms with van der Waals surface area (Å²) >= 11 is 0. The molecule has 0 radical (unpaired) electrons. The number of aromatic nitrogens is 4. The van der Waals surface area contributed by atoms with Gasteiger partial charge in [-0.05, 0) is 190 Å². The van der Waals surface area contributed by atoms with E-state index in [1.165, 1.54) is 31.4 Å². The van der Waals surface area contributed by atoms with E-state index in [-0.39, 0.29) is 29.8 Å². The summed E-state index contributed by atoms with van der Waals surface area (Å²) in [6, 6.07) is 6.65. The topological polar surface area (TPSA) is 168 Å². The Morgan fingerprint density at radius 1 is 0.592 bits per heavy atom. The maximum Gasteiger partial charge on any atom is 0.410 e. The molecule has 0 bridgehead atoms. The molecule has 3 fully saturated rings. The highest BCUT2D eigenvalue weighted by Gasteiger charge is 2.29. The molecule has 1 aromatic carbocycles. The van der Waals surface area contributed by atoms with Crippen LogP contribution in [0.15, 0.2) is 54.2 Å². The first-order chi connectivity index (χ1) is 33.2. The van der Waals surface area contributed by atoms with Gasteiger partial charge in [0.1, 0.15) is 16.8 Å². The minimum Gasteiger partial charge on any atom is -0.444 e. The molecule has 0 N–H and O–H groups in total. The molecule has 0 unspecified atom stereocenters. The lowest BCUT2D eigenvalue weighted by molar-refractivity contribution is 0.0169. The lowest BCUT2D eigenvalue weighted by Gasteiger charge is -2.33.